The maximum atomic E-state index is 14.3. The van der Waals surface area contributed by atoms with Crippen molar-refractivity contribution >= 4 is 28.8 Å². The smallest absolute Gasteiger partial charge is 0.351 e. The molecule has 0 aliphatic heterocycles. The first-order valence-electron chi connectivity index (χ1n) is 9.50. The molecule has 0 bridgehead atoms. The number of methoxy groups -OCH3 is 1. The number of nitrogens with two attached hydrogens (primary N) is 1. The number of amides is 2. The van der Waals surface area contributed by atoms with Crippen LogP contribution in [0.15, 0.2) is 46.9 Å². The number of primary amides is 1. The molecule has 0 aliphatic carbocycles. The normalized spacial score (nSPS) is 12.8. The van der Waals surface area contributed by atoms with Crippen LogP contribution in [0.2, 0.25) is 0 Å². The van der Waals surface area contributed by atoms with E-state index in [-0.39, 0.29) is 22.6 Å². The molecule has 3 rings (SSSR count). The van der Waals surface area contributed by atoms with Crippen molar-refractivity contribution in [2.45, 2.75) is 19.1 Å². The number of hydrogen-bond acceptors (Lipinski definition) is 7. The molecule has 168 valence electrons. The third-order valence-corrected chi connectivity index (χ3v) is 4.75. The molecule has 0 saturated heterocycles. The molecule has 9 nitrogen and oxygen atoms in total. The lowest BCUT2D eigenvalue weighted by Crippen LogP contribution is -2.46. The van der Waals surface area contributed by atoms with Crippen LogP contribution in [-0.4, -0.2) is 42.6 Å². The highest BCUT2D eigenvalue weighted by molar-refractivity contribution is 6.08. The fraction of sp³-hybridized carbons (Fsp3) is 0.227. The summed E-state index contributed by atoms with van der Waals surface area (Å²) < 4.78 is 30.3. The van der Waals surface area contributed by atoms with Crippen molar-refractivity contribution in [3.8, 4) is 5.75 Å². The first-order valence-corrected chi connectivity index (χ1v) is 9.50. The fourth-order valence-corrected chi connectivity index (χ4v) is 3.16. The Hall–Kier alpha value is -3.92. The summed E-state index contributed by atoms with van der Waals surface area (Å²) in [6.45, 7) is 0.873. The second-order valence-corrected chi connectivity index (χ2v) is 6.84. The van der Waals surface area contributed by atoms with E-state index in [1.807, 2.05) is 0 Å². The summed E-state index contributed by atoms with van der Waals surface area (Å²) in [4.78, 5) is 36.3. The van der Waals surface area contributed by atoms with Crippen LogP contribution in [0.1, 0.15) is 27.8 Å². The Labute approximate surface area is 181 Å². The number of aliphatic hydroxyl groups excluding tert-OH is 1. The molecule has 2 atom stereocenters. The Bertz CT molecular complexity index is 1170. The van der Waals surface area contributed by atoms with Crippen LogP contribution in [0.4, 0.5) is 4.39 Å². The van der Waals surface area contributed by atoms with Crippen molar-refractivity contribution in [3.63, 3.8) is 0 Å². The van der Waals surface area contributed by atoms with Crippen molar-refractivity contribution in [2.24, 2.45) is 5.73 Å². The van der Waals surface area contributed by atoms with Crippen molar-refractivity contribution in [1.29, 1.82) is 0 Å². The van der Waals surface area contributed by atoms with Crippen molar-refractivity contribution < 1.29 is 37.8 Å². The number of halogens is 1. The molecule has 1 aromatic heterocycles. The Kier molecular flexibility index (Phi) is 6.74. The standard InChI is InChI=1S/C22H21FN2O7/c1-11-18(21(28)25-16(10-26)20(24)27)14-9-12(7-8-17(14)31-11)32-19(22(29)30-2)13-5-3-4-6-15(13)23/h3-9,16,19,26H,10H2,1-2H3,(H2,24,27)(H,25,28). The highest BCUT2D eigenvalue weighted by Gasteiger charge is 2.28. The predicted octanol–water partition coefficient (Wildman–Crippen LogP) is 1.75. The summed E-state index contributed by atoms with van der Waals surface area (Å²) in [5.41, 5.74) is 5.56. The number of benzene rings is 2. The number of nitrogens with one attached hydrogen (secondary N) is 1. The highest BCUT2D eigenvalue weighted by atomic mass is 19.1. The van der Waals surface area contributed by atoms with Crippen LogP contribution >= 0.6 is 0 Å². The van der Waals surface area contributed by atoms with Gasteiger partial charge in [-0.25, -0.2) is 9.18 Å². The molecule has 2 amide bonds. The monoisotopic (exact) mass is 444 g/mol. The Morgan fingerprint density at radius 1 is 1.22 bits per heavy atom. The first-order chi connectivity index (χ1) is 15.3. The maximum Gasteiger partial charge on any atom is 0.351 e. The van der Waals surface area contributed by atoms with E-state index in [0.29, 0.717) is 11.0 Å². The molecule has 2 aromatic carbocycles. The van der Waals surface area contributed by atoms with Gasteiger partial charge in [0.25, 0.3) is 5.91 Å². The Morgan fingerprint density at radius 3 is 2.56 bits per heavy atom. The lowest BCUT2D eigenvalue weighted by molar-refractivity contribution is -0.149. The van der Waals surface area contributed by atoms with E-state index in [0.717, 1.165) is 7.11 Å². The van der Waals surface area contributed by atoms with E-state index in [1.165, 1.54) is 36.4 Å². The zero-order valence-electron chi connectivity index (χ0n) is 17.3. The van der Waals surface area contributed by atoms with Gasteiger partial charge in [-0.05, 0) is 31.2 Å². The van der Waals surface area contributed by atoms with Crippen LogP contribution < -0.4 is 15.8 Å². The van der Waals surface area contributed by atoms with E-state index in [9.17, 15) is 23.9 Å². The lowest BCUT2D eigenvalue weighted by Gasteiger charge is -2.18. The molecular formula is C22H21FN2O7. The molecule has 0 radical (unpaired) electrons. The third-order valence-electron chi connectivity index (χ3n) is 4.75. The second kappa shape index (κ2) is 9.48. The number of carbonyl (C=O) groups is 3. The Balaban J connectivity index is 1.99. The van der Waals surface area contributed by atoms with Gasteiger partial charge in [0, 0.05) is 10.9 Å². The van der Waals surface area contributed by atoms with Crippen LogP contribution in [0, 0.1) is 12.7 Å². The lowest BCUT2D eigenvalue weighted by atomic mass is 10.1. The van der Waals surface area contributed by atoms with Gasteiger partial charge in [-0.3, -0.25) is 9.59 Å². The number of aliphatic hydroxyl groups is 1. The minimum absolute atomic E-state index is 0.0203. The van der Waals surface area contributed by atoms with Gasteiger partial charge in [0.15, 0.2) is 0 Å². The highest BCUT2D eigenvalue weighted by Crippen LogP contribution is 2.32. The summed E-state index contributed by atoms with van der Waals surface area (Å²) in [5.74, 6) is -2.68. The number of ether oxygens (including phenoxy) is 2. The van der Waals surface area contributed by atoms with Gasteiger partial charge in [-0.1, -0.05) is 18.2 Å². The minimum Gasteiger partial charge on any atom is -0.474 e. The molecule has 0 fully saturated rings. The van der Waals surface area contributed by atoms with Gasteiger partial charge in [-0.2, -0.15) is 0 Å². The number of aryl methyl sites for hydroxylation is 1. The van der Waals surface area contributed by atoms with E-state index in [4.69, 9.17) is 19.6 Å². The van der Waals surface area contributed by atoms with Gasteiger partial charge < -0.3 is 30.0 Å². The molecule has 1 heterocycles. The molecule has 0 spiro atoms. The summed E-state index contributed by atoms with van der Waals surface area (Å²) in [6, 6.07) is 8.78. The topological polar surface area (TPSA) is 141 Å². The largest absolute Gasteiger partial charge is 0.474 e. The van der Waals surface area contributed by atoms with Gasteiger partial charge in [-0.15, -0.1) is 0 Å². The number of carbonyl (C=O) groups excluding carboxylic acids is 3. The van der Waals surface area contributed by atoms with Crippen molar-refractivity contribution in [1.82, 2.24) is 5.32 Å². The van der Waals surface area contributed by atoms with E-state index < -0.39 is 42.4 Å². The van der Waals surface area contributed by atoms with Crippen molar-refractivity contribution in [2.75, 3.05) is 13.7 Å². The van der Waals surface area contributed by atoms with Gasteiger partial charge in [0.2, 0.25) is 12.0 Å². The minimum atomic E-state index is -1.39. The second-order valence-electron chi connectivity index (χ2n) is 6.84. The summed E-state index contributed by atoms with van der Waals surface area (Å²) >= 11 is 0. The van der Waals surface area contributed by atoms with Crippen LogP contribution in [0.5, 0.6) is 5.75 Å². The van der Waals surface area contributed by atoms with Crippen molar-refractivity contribution in [3.05, 3.63) is 65.2 Å². The van der Waals surface area contributed by atoms with Crippen LogP contribution in [0.25, 0.3) is 11.0 Å². The molecule has 0 saturated carbocycles. The number of rotatable bonds is 8. The van der Waals surface area contributed by atoms with Gasteiger partial charge in [0.05, 0.1) is 19.3 Å². The fourth-order valence-electron chi connectivity index (χ4n) is 3.16. The number of furan rings is 1. The predicted molar refractivity (Wildman–Crippen MR) is 110 cm³/mol. The Morgan fingerprint density at radius 2 is 1.94 bits per heavy atom. The molecular weight excluding hydrogens is 423 g/mol. The SMILES string of the molecule is COC(=O)C(Oc1ccc2oc(C)c(C(=O)NC(CO)C(N)=O)c2c1)c1ccccc1F. The summed E-state index contributed by atoms with van der Waals surface area (Å²) in [6.07, 6.45) is -1.39. The molecule has 4 N–H and O–H groups in total. The first kappa shape index (κ1) is 22.8. The van der Waals surface area contributed by atoms with E-state index in [1.54, 1.807) is 13.0 Å². The third kappa shape index (κ3) is 4.54. The van der Waals surface area contributed by atoms with Crippen LogP contribution in [-0.2, 0) is 14.3 Å². The molecule has 32 heavy (non-hydrogen) atoms. The average molecular weight is 444 g/mol. The zero-order chi connectivity index (χ0) is 23.4. The van der Waals surface area contributed by atoms with Crippen LogP contribution in [0.3, 0.4) is 0 Å². The molecule has 3 aromatic rings. The number of esters is 1. The van der Waals surface area contributed by atoms with Gasteiger partial charge >= 0.3 is 5.97 Å². The van der Waals surface area contributed by atoms with E-state index >= 15 is 0 Å². The summed E-state index contributed by atoms with van der Waals surface area (Å²) in [7, 11) is 1.15. The zero-order valence-corrected chi connectivity index (χ0v) is 17.3. The molecule has 10 heteroatoms. The number of fused-ring (bicyclic) bond motifs is 1. The quantitative estimate of drug-likeness (QED) is 0.450. The average Bonchev–Trinajstić information content (AvgIpc) is 3.10. The summed E-state index contributed by atoms with van der Waals surface area (Å²) in [5, 5.41) is 11.9. The molecule has 0 aliphatic rings. The maximum absolute atomic E-state index is 14.3. The van der Waals surface area contributed by atoms with E-state index in [2.05, 4.69) is 5.32 Å². The number of hydrogen-bond donors (Lipinski definition) is 3. The van der Waals surface area contributed by atoms with Gasteiger partial charge in [0.1, 0.15) is 29.0 Å². The molecule has 2 unspecified atom stereocenters.